The molecule has 1 aliphatic carbocycles. The van der Waals surface area contributed by atoms with Crippen LogP contribution < -0.4 is 0 Å². The summed E-state index contributed by atoms with van der Waals surface area (Å²) in [6.45, 7) is 14.0. The van der Waals surface area contributed by atoms with Gasteiger partial charge in [-0.15, -0.1) is 0 Å². The fraction of sp³-hybridized carbons (Fsp3) is 0.957. The minimum atomic E-state index is -0.0385. The van der Waals surface area contributed by atoms with Gasteiger partial charge in [0.05, 0.1) is 5.60 Å². The van der Waals surface area contributed by atoms with E-state index in [1.807, 2.05) is 0 Å². The van der Waals surface area contributed by atoms with Gasteiger partial charge in [0.2, 0.25) is 5.91 Å². The van der Waals surface area contributed by atoms with Crippen molar-refractivity contribution in [3.05, 3.63) is 0 Å². The number of ether oxygens (including phenoxy) is 1. The lowest BCUT2D eigenvalue weighted by molar-refractivity contribution is -0.142. The Kier molecular flexibility index (Phi) is 7.24. The Balaban J connectivity index is 1.31. The Bertz CT molecular complexity index is 465. The van der Waals surface area contributed by atoms with Gasteiger partial charge in [-0.3, -0.25) is 4.79 Å². The van der Waals surface area contributed by atoms with Gasteiger partial charge >= 0.3 is 0 Å². The normalized spacial score (nSPS) is 29.0. The number of hydrogen-bond acceptors (Lipinski definition) is 3. The smallest absolute Gasteiger partial charge is 0.225 e. The molecule has 2 heterocycles. The topological polar surface area (TPSA) is 32.8 Å². The van der Waals surface area contributed by atoms with Gasteiger partial charge < -0.3 is 14.5 Å². The Labute approximate surface area is 167 Å². The van der Waals surface area contributed by atoms with E-state index in [0.29, 0.717) is 17.9 Å². The summed E-state index contributed by atoms with van der Waals surface area (Å²) in [5.74, 6) is 2.41. The van der Waals surface area contributed by atoms with Gasteiger partial charge in [0.15, 0.2) is 0 Å². The predicted octanol–water partition coefficient (Wildman–Crippen LogP) is 4.33. The molecule has 2 aliphatic heterocycles. The molecule has 2 saturated heterocycles. The van der Waals surface area contributed by atoms with Crippen molar-refractivity contribution in [1.29, 1.82) is 0 Å². The van der Waals surface area contributed by atoms with Crippen LogP contribution in [-0.2, 0) is 9.53 Å². The molecule has 3 aliphatic rings. The van der Waals surface area contributed by atoms with E-state index >= 15 is 0 Å². The molecule has 3 fully saturated rings. The fourth-order valence-corrected chi connectivity index (χ4v) is 5.05. The van der Waals surface area contributed by atoms with E-state index < -0.39 is 0 Å². The van der Waals surface area contributed by atoms with Gasteiger partial charge in [-0.05, 0) is 90.6 Å². The zero-order valence-electron chi connectivity index (χ0n) is 18.2. The molecule has 4 nitrogen and oxygen atoms in total. The highest BCUT2D eigenvalue weighted by atomic mass is 16.5. The molecule has 0 N–H and O–H groups in total. The summed E-state index contributed by atoms with van der Waals surface area (Å²) in [7, 11) is 0. The maximum absolute atomic E-state index is 12.8. The molecule has 0 aromatic heterocycles. The van der Waals surface area contributed by atoms with Crippen molar-refractivity contribution >= 4 is 5.91 Å². The van der Waals surface area contributed by atoms with Gasteiger partial charge in [-0.2, -0.15) is 0 Å². The monoisotopic (exact) mass is 378 g/mol. The maximum Gasteiger partial charge on any atom is 0.225 e. The van der Waals surface area contributed by atoms with Crippen LogP contribution in [0.3, 0.4) is 0 Å². The Morgan fingerprint density at radius 3 is 2.11 bits per heavy atom. The van der Waals surface area contributed by atoms with Crippen LogP contribution in [0.4, 0.5) is 0 Å². The molecule has 1 saturated carbocycles. The highest BCUT2D eigenvalue weighted by Gasteiger charge is 2.41. The summed E-state index contributed by atoms with van der Waals surface area (Å²) in [5, 5.41) is 0. The van der Waals surface area contributed by atoms with Crippen LogP contribution in [0.5, 0.6) is 0 Å². The number of likely N-dealkylation sites (tertiary alicyclic amines) is 2. The molecule has 27 heavy (non-hydrogen) atoms. The highest BCUT2D eigenvalue weighted by molar-refractivity contribution is 5.80. The lowest BCUT2D eigenvalue weighted by Crippen LogP contribution is -2.53. The molecule has 156 valence electrons. The van der Waals surface area contributed by atoms with Crippen molar-refractivity contribution in [3.8, 4) is 0 Å². The Hall–Kier alpha value is -0.610. The molecule has 0 radical (unpaired) electrons. The lowest BCUT2D eigenvalue weighted by Gasteiger charge is -2.46. The first kappa shape index (κ1) is 21.1. The molecular formula is C23H42N2O2. The number of piperidine rings is 2. The summed E-state index contributed by atoms with van der Waals surface area (Å²) in [6.07, 6.45) is 9.70. The Morgan fingerprint density at radius 2 is 1.56 bits per heavy atom. The van der Waals surface area contributed by atoms with Crippen molar-refractivity contribution in [2.75, 3.05) is 32.8 Å². The first-order valence-corrected chi connectivity index (χ1v) is 11.5. The zero-order valence-corrected chi connectivity index (χ0v) is 18.2. The molecule has 4 heteroatoms. The minimum Gasteiger partial charge on any atom is -0.376 e. The third-order valence-electron chi connectivity index (χ3n) is 7.19. The average molecular weight is 379 g/mol. The van der Waals surface area contributed by atoms with Crippen LogP contribution in [0.25, 0.3) is 0 Å². The number of hydrogen-bond donors (Lipinski definition) is 0. The van der Waals surface area contributed by atoms with E-state index in [-0.39, 0.29) is 5.60 Å². The van der Waals surface area contributed by atoms with E-state index in [4.69, 9.17) is 4.74 Å². The van der Waals surface area contributed by atoms with Crippen LogP contribution in [-0.4, -0.2) is 60.1 Å². The first-order valence-electron chi connectivity index (χ1n) is 11.5. The first-order chi connectivity index (χ1) is 12.9. The van der Waals surface area contributed by atoms with Crippen LogP contribution in [0.1, 0.15) is 79.1 Å². The molecule has 0 aromatic carbocycles. The molecule has 1 amide bonds. The van der Waals surface area contributed by atoms with E-state index in [0.717, 1.165) is 63.6 Å². The lowest BCUT2D eigenvalue weighted by atomic mass is 9.77. The molecule has 0 atom stereocenters. The summed E-state index contributed by atoms with van der Waals surface area (Å²) in [4.78, 5) is 17.7. The number of carbonyl (C=O) groups is 1. The largest absolute Gasteiger partial charge is 0.376 e. The second kappa shape index (κ2) is 9.26. The number of nitrogens with zero attached hydrogens (tertiary/aromatic N) is 2. The van der Waals surface area contributed by atoms with Crippen molar-refractivity contribution in [3.63, 3.8) is 0 Å². The third kappa shape index (κ3) is 5.93. The van der Waals surface area contributed by atoms with Crippen LogP contribution in [0.2, 0.25) is 0 Å². The van der Waals surface area contributed by atoms with Crippen molar-refractivity contribution in [1.82, 2.24) is 9.80 Å². The van der Waals surface area contributed by atoms with Gasteiger partial charge in [-0.25, -0.2) is 0 Å². The molecular weight excluding hydrogens is 336 g/mol. The van der Waals surface area contributed by atoms with Crippen LogP contribution >= 0.6 is 0 Å². The van der Waals surface area contributed by atoms with Gasteiger partial charge in [0.1, 0.15) is 0 Å². The SMILES string of the molecule is CCC1CCN(C2CC(C(=O)N3CCC(CCOC(C)(C)C)CC3)C2)CC1. The molecule has 0 unspecified atom stereocenters. The number of amides is 1. The van der Waals surface area contributed by atoms with Crippen molar-refractivity contribution < 1.29 is 9.53 Å². The summed E-state index contributed by atoms with van der Waals surface area (Å²) >= 11 is 0. The maximum atomic E-state index is 12.8. The van der Waals surface area contributed by atoms with E-state index in [1.54, 1.807) is 0 Å². The van der Waals surface area contributed by atoms with Gasteiger partial charge in [-0.1, -0.05) is 13.3 Å². The summed E-state index contributed by atoms with van der Waals surface area (Å²) in [6, 6.07) is 0.684. The zero-order chi connectivity index (χ0) is 19.4. The quantitative estimate of drug-likeness (QED) is 0.689. The predicted molar refractivity (Wildman–Crippen MR) is 111 cm³/mol. The second-order valence-electron chi connectivity index (χ2n) is 10.2. The molecule has 0 aromatic rings. The second-order valence-corrected chi connectivity index (χ2v) is 10.2. The van der Waals surface area contributed by atoms with E-state index in [2.05, 4.69) is 37.5 Å². The van der Waals surface area contributed by atoms with Crippen LogP contribution in [0.15, 0.2) is 0 Å². The van der Waals surface area contributed by atoms with Gasteiger partial charge in [0, 0.05) is 31.7 Å². The standard InChI is InChI=1S/C23H42N2O2/c1-5-18-6-11-24(12-7-18)21-16-20(17-21)22(26)25-13-8-19(9-14-25)10-15-27-23(2,3)4/h18-21H,5-17H2,1-4H3. The van der Waals surface area contributed by atoms with E-state index in [1.165, 1.54) is 32.4 Å². The number of rotatable bonds is 6. The minimum absolute atomic E-state index is 0.0385. The number of carbonyl (C=O) groups excluding carboxylic acids is 1. The van der Waals surface area contributed by atoms with Crippen molar-refractivity contribution in [2.45, 2.75) is 90.7 Å². The molecule has 3 rings (SSSR count). The fourth-order valence-electron chi connectivity index (χ4n) is 5.05. The third-order valence-corrected chi connectivity index (χ3v) is 7.19. The van der Waals surface area contributed by atoms with E-state index in [9.17, 15) is 4.79 Å². The molecule has 0 spiro atoms. The molecule has 0 bridgehead atoms. The highest BCUT2D eigenvalue weighted by Crippen LogP contribution is 2.36. The summed E-state index contributed by atoms with van der Waals surface area (Å²) in [5.41, 5.74) is -0.0385. The van der Waals surface area contributed by atoms with Crippen LogP contribution in [0, 0.1) is 17.8 Å². The van der Waals surface area contributed by atoms with Crippen molar-refractivity contribution in [2.24, 2.45) is 17.8 Å². The average Bonchev–Trinajstić information content (AvgIpc) is 2.60. The Morgan fingerprint density at radius 1 is 0.963 bits per heavy atom. The van der Waals surface area contributed by atoms with Gasteiger partial charge in [0.25, 0.3) is 0 Å². The summed E-state index contributed by atoms with van der Waals surface area (Å²) < 4.78 is 5.87.